The van der Waals surface area contributed by atoms with Gasteiger partial charge in [0.2, 0.25) is 0 Å². The van der Waals surface area contributed by atoms with Crippen LogP contribution in [0.3, 0.4) is 0 Å². The first-order valence-corrected chi connectivity index (χ1v) is 5.01. The van der Waals surface area contributed by atoms with Gasteiger partial charge in [-0.3, -0.25) is 4.98 Å². The van der Waals surface area contributed by atoms with Gasteiger partial charge >= 0.3 is 0 Å². The van der Waals surface area contributed by atoms with Crippen LogP contribution in [0.4, 0.5) is 0 Å². The summed E-state index contributed by atoms with van der Waals surface area (Å²) in [6.07, 6.45) is 3.78. The maximum atomic E-state index is 4.24. The number of aryl methyl sites for hydroxylation is 1. The van der Waals surface area contributed by atoms with Crippen LogP contribution in [-0.2, 0) is 6.54 Å². The molecule has 0 aliphatic rings. The van der Waals surface area contributed by atoms with Crippen molar-refractivity contribution in [3.63, 3.8) is 0 Å². The Labute approximate surface area is 81.1 Å². The molecule has 2 aromatic rings. The number of imidazole rings is 1. The Morgan fingerprint density at radius 2 is 2.31 bits per heavy atom. The molecule has 0 bridgehead atoms. The van der Waals surface area contributed by atoms with E-state index in [-0.39, 0.29) is 0 Å². The van der Waals surface area contributed by atoms with Gasteiger partial charge in [0.15, 0.2) is 0 Å². The molecule has 0 saturated heterocycles. The predicted octanol–water partition coefficient (Wildman–Crippen LogP) is 2.00. The zero-order chi connectivity index (χ0) is 9.26. The van der Waals surface area contributed by atoms with Crippen molar-refractivity contribution in [3.05, 3.63) is 34.3 Å². The summed E-state index contributed by atoms with van der Waals surface area (Å²) in [5, 5.41) is 0. The first kappa shape index (κ1) is 8.44. The fourth-order valence-corrected chi connectivity index (χ4v) is 1.78. The lowest BCUT2D eigenvalue weighted by Gasteiger charge is -2.01. The number of rotatable bonds is 2. The van der Waals surface area contributed by atoms with E-state index in [4.69, 9.17) is 0 Å². The number of nitrogens with zero attached hydrogens (tertiary/aromatic N) is 3. The summed E-state index contributed by atoms with van der Waals surface area (Å²) in [5.74, 6) is 0. The van der Waals surface area contributed by atoms with Gasteiger partial charge < -0.3 is 4.57 Å². The minimum absolute atomic E-state index is 0.886. The lowest BCUT2D eigenvalue weighted by atomic mass is 10.4. The molecule has 2 heterocycles. The van der Waals surface area contributed by atoms with Crippen LogP contribution in [0.5, 0.6) is 0 Å². The summed E-state index contributed by atoms with van der Waals surface area (Å²) in [7, 11) is 0. The van der Waals surface area contributed by atoms with E-state index < -0.39 is 0 Å². The van der Waals surface area contributed by atoms with E-state index in [9.17, 15) is 0 Å². The minimum atomic E-state index is 0.886. The van der Waals surface area contributed by atoms with E-state index in [2.05, 4.69) is 21.5 Å². The highest BCUT2D eigenvalue weighted by Crippen LogP contribution is 2.11. The third-order valence-electron chi connectivity index (χ3n) is 2.15. The normalized spacial score (nSPS) is 10.6. The molecule has 0 amide bonds. The first-order valence-electron chi connectivity index (χ1n) is 4.13. The molecule has 0 fully saturated rings. The standard InChI is InChI=1S/C9H11N3S/c1-7-8(2)12(5-11-7)4-9-3-10-6-13-9/h3,5-6H,4H2,1-2H3. The third kappa shape index (κ3) is 1.62. The summed E-state index contributed by atoms with van der Waals surface area (Å²) >= 11 is 1.68. The molecule has 2 rings (SSSR count). The van der Waals surface area contributed by atoms with Gasteiger partial charge in [-0.15, -0.1) is 11.3 Å². The van der Waals surface area contributed by atoms with Crippen molar-refractivity contribution in [1.29, 1.82) is 0 Å². The van der Waals surface area contributed by atoms with Crippen molar-refractivity contribution in [2.75, 3.05) is 0 Å². The van der Waals surface area contributed by atoms with Crippen LogP contribution in [0, 0.1) is 13.8 Å². The van der Waals surface area contributed by atoms with Gasteiger partial charge in [0, 0.05) is 16.8 Å². The van der Waals surface area contributed by atoms with Crippen molar-refractivity contribution in [1.82, 2.24) is 14.5 Å². The molecule has 0 unspecified atom stereocenters. The van der Waals surface area contributed by atoms with Crippen molar-refractivity contribution in [2.45, 2.75) is 20.4 Å². The molecule has 0 atom stereocenters. The van der Waals surface area contributed by atoms with E-state index in [1.807, 2.05) is 25.0 Å². The number of thiazole rings is 1. The average molecular weight is 193 g/mol. The molecule has 0 spiro atoms. The van der Waals surface area contributed by atoms with E-state index in [1.165, 1.54) is 10.6 Å². The molecule has 0 aromatic carbocycles. The van der Waals surface area contributed by atoms with Crippen LogP contribution < -0.4 is 0 Å². The van der Waals surface area contributed by atoms with Crippen LogP contribution in [0.15, 0.2) is 18.0 Å². The Hall–Kier alpha value is -1.16. The second kappa shape index (κ2) is 3.30. The molecule has 2 aromatic heterocycles. The molecular weight excluding hydrogens is 182 g/mol. The Kier molecular flexibility index (Phi) is 2.14. The molecule has 0 aliphatic carbocycles. The molecule has 0 aliphatic heterocycles. The SMILES string of the molecule is Cc1ncn(Cc2cncs2)c1C. The molecule has 3 nitrogen and oxygen atoms in total. The summed E-state index contributed by atoms with van der Waals surface area (Å²) in [4.78, 5) is 9.55. The summed E-state index contributed by atoms with van der Waals surface area (Å²) in [6, 6.07) is 0. The van der Waals surface area contributed by atoms with E-state index >= 15 is 0 Å². The quantitative estimate of drug-likeness (QED) is 0.730. The zero-order valence-electron chi connectivity index (χ0n) is 7.69. The number of aromatic nitrogens is 3. The molecule has 0 radical (unpaired) electrons. The smallest absolute Gasteiger partial charge is 0.0954 e. The molecular formula is C9H11N3S. The topological polar surface area (TPSA) is 30.7 Å². The molecule has 0 N–H and O–H groups in total. The summed E-state index contributed by atoms with van der Waals surface area (Å²) < 4.78 is 2.14. The van der Waals surface area contributed by atoms with Gasteiger partial charge in [0.25, 0.3) is 0 Å². The van der Waals surface area contributed by atoms with Gasteiger partial charge in [-0.1, -0.05) is 0 Å². The largest absolute Gasteiger partial charge is 0.329 e. The second-order valence-corrected chi connectivity index (χ2v) is 3.98. The fourth-order valence-electron chi connectivity index (χ4n) is 1.19. The first-order chi connectivity index (χ1) is 6.27. The van der Waals surface area contributed by atoms with Crippen LogP contribution in [0.25, 0.3) is 0 Å². The summed E-state index contributed by atoms with van der Waals surface area (Å²) in [6.45, 7) is 5.00. The van der Waals surface area contributed by atoms with Crippen LogP contribution >= 0.6 is 11.3 Å². The van der Waals surface area contributed by atoms with Crippen LogP contribution in [0.2, 0.25) is 0 Å². The van der Waals surface area contributed by atoms with E-state index in [0.29, 0.717) is 0 Å². The number of hydrogen-bond acceptors (Lipinski definition) is 3. The van der Waals surface area contributed by atoms with Crippen molar-refractivity contribution >= 4 is 11.3 Å². The fraction of sp³-hybridized carbons (Fsp3) is 0.333. The average Bonchev–Trinajstić information content (AvgIpc) is 2.71. The van der Waals surface area contributed by atoms with E-state index in [0.717, 1.165) is 12.2 Å². The van der Waals surface area contributed by atoms with Crippen molar-refractivity contribution in [3.8, 4) is 0 Å². The van der Waals surface area contributed by atoms with Crippen molar-refractivity contribution in [2.24, 2.45) is 0 Å². The van der Waals surface area contributed by atoms with Gasteiger partial charge in [0.1, 0.15) is 0 Å². The Bertz CT molecular complexity index is 389. The second-order valence-electron chi connectivity index (χ2n) is 3.01. The van der Waals surface area contributed by atoms with Gasteiger partial charge in [-0.2, -0.15) is 0 Å². The number of hydrogen-bond donors (Lipinski definition) is 0. The molecule has 0 saturated carbocycles. The zero-order valence-corrected chi connectivity index (χ0v) is 8.51. The Morgan fingerprint density at radius 3 is 2.85 bits per heavy atom. The minimum Gasteiger partial charge on any atom is -0.329 e. The van der Waals surface area contributed by atoms with Gasteiger partial charge in [-0.25, -0.2) is 4.98 Å². The highest BCUT2D eigenvalue weighted by Gasteiger charge is 2.02. The molecule has 68 valence electrons. The van der Waals surface area contributed by atoms with Crippen LogP contribution in [-0.4, -0.2) is 14.5 Å². The predicted molar refractivity (Wildman–Crippen MR) is 52.9 cm³/mol. The maximum Gasteiger partial charge on any atom is 0.0954 e. The lowest BCUT2D eigenvalue weighted by Crippen LogP contribution is -1.98. The monoisotopic (exact) mass is 193 g/mol. The Balaban J connectivity index is 2.24. The maximum absolute atomic E-state index is 4.24. The van der Waals surface area contributed by atoms with Crippen molar-refractivity contribution < 1.29 is 0 Å². The van der Waals surface area contributed by atoms with E-state index in [1.54, 1.807) is 11.3 Å². The summed E-state index contributed by atoms with van der Waals surface area (Å²) in [5.41, 5.74) is 4.19. The highest BCUT2D eigenvalue weighted by atomic mass is 32.1. The van der Waals surface area contributed by atoms with Gasteiger partial charge in [0.05, 0.1) is 24.1 Å². The molecule has 13 heavy (non-hydrogen) atoms. The lowest BCUT2D eigenvalue weighted by molar-refractivity contribution is 0.778. The molecule has 4 heteroatoms. The van der Waals surface area contributed by atoms with Gasteiger partial charge in [-0.05, 0) is 13.8 Å². The van der Waals surface area contributed by atoms with Crippen LogP contribution in [0.1, 0.15) is 16.3 Å². The highest BCUT2D eigenvalue weighted by molar-refractivity contribution is 7.09. The Morgan fingerprint density at radius 1 is 1.46 bits per heavy atom. The third-order valence-corrected chi connectivity index (χ3v) is 2.92.